The molecular formula is C9H14N2O. The van der Waals surface area contributed by atoms with Gasteiger partial charge in [0.05, 0.1) is 12.3 Å². The van der Waals surface area contributed by atoms with Gasteiger partial charge in [0.25, 0.3) is 0 Å². The van der Waals surface area contributed by atoms with Crippen LogP contribution in [-0.2, 0) is 6.61 Å². The van der Waals surface area contributed by atoms with Crippen molar-refractivity contribution in [3.05, 3.63) is 29.3 Å². The Balaban J connectivity index is 3.18. The van der Waals surface area contributed by atoms with E-state index in [0.29, 0.717) is 0 Å². The van der Waals surface area contributed by atoms with Gasteiger partial charge in [0.2, 0.25) is 0 Å². The Kier molecular flexibility index (Phi) is 2.68. The molecule has 1 aromatic carbocycles. The van der Waals surface area contributed by atoms with E-state index in [1.165, 1.54) is 5.01 Å². The minimum atomic E-state index is 0.0313. The van der Waals surface area contributed by atoms with Gasteiger partial charge in [-0.15, -0.1) is 0 Å². The van der Waals surface area contributed by atoms with Gasteiger partial charge in [0.15, 0.2) is 0 Å². The van der Waals surface area contributed by atoms with E-state index in [9.17, 15) is 0 Å². The molecule has 1 rings (SSSR count). The number of aliphatic hydroxyl groups excluding tert-OH is 1. The van der Waals surface area contributed by atoms with Crippen molar-refractivity contribution < 1.29 is 5.11 Å². The molecule has 0 aliphatic rings. The summed E-state index contributed by atoms with van der Waals surface area (Å²) in [6.07, 6.45) is 0. The first kappa shape index (κ1) is 9.03. The van der Waals surface area contributed by atoms with Crippen LogP contribution in [0.2, 0.25) is 0 Å². The first-order valence-corrected chi connectivity index (χ1v) is 3.84. The summed E-state index contributed by atoms with van der Waals surface area (Å²) in [7, 11) is 1.76. The molecule has 0 radical (unpaired) electrons. The number of benzene rings is 1. The monoisotopic (exact) mass is 166 g/mol. The molecule has 1 aromatic rings. The molecule has 0 saturated heterocycles. The molecule has 0 heterocycles. The summed E-state index contributed by atoms with van der Waals surface area (Å²) in [5.74, 6) is 5.58. The number of aliphatic hydroxyl groups is 1. The number of rotatable bonds is 2. The van der Waals surface area contributed by atoms with Gasteiger partial charge >= 0.3 is 0 Å². The molecule has 3 N–H and O–H groups in total. The third-order valence-corrected chi connectivity index (χ3v) is 1.92. The molecular weight excluding hydrogens is 152 g/mol. The van der Waals surface area contributed by atoms with Crippen LogP contribution in [0, 0.1) is 6.92 Å². The molecule has 0 fully saturated rings. The first-order valence-electron chi connectivity index (χ1n) is 3.84. The Hall–Kier alpha value is -1.06. The van der Waals surface area contributed by atoms with Crippen molar-refractivity contribution >= 4 is 5.69 Å². The van der Waals surface area contributed by atoms with Crippen molar-refractivity contribution in [3.63, 3.8) is 0 Å². The Morgan fingerprint density at radius 3 is 2.58 bits per heavy atom. The lowest BCUT2D eigenvalue weighted by atomic mass is 10.1. The second-order valence-electron chi connectivity index (χ2n) is 2.84. The van der Waals surface area contributed by atoms with E-state index in [0.717, 1.165) is 16.8 Å². The van der Waals surface area contributed by atoms with Gasteiger partial charge in [-0.25, -0.2) is 5.84 Å². The maximum Gasteiger partial charge on any atom is 0.0705 e. The van der Waals surface area contributed by atoms with Crippen LogP contribution in [-0.4, -0.2) is 12.2 Å². The summed E-state index contributed by atoms with van der Waals surface area (Å²) in [5.41, 5.74) is 2.83. The van der Waals surface area contributed by atoms with Gasteiger partial charge in [-0.2, -0.15) is 0 Å². The SMILES string of the molecule is Cc1cccc(N(C)N)c1CO. The Morgan fingerprint density at radius 2 is 2.17 bits per heavy atom. The molecule has 66 valence electrons. The van der Waals surface area contributed by atoms with E-state index in [1.807, 2.05) is 25.1 Å². The molecule has 0 aliphatic heterocycles. The van der Waals surface area contributed by atoms with Crippen molar-refractivity contribution in [1.29, 1.82) is 0 Å². The average Bonchev–Trinajstić information content (AvgIpc) is 2.03. The van der Waals surface area contributed by atoms with Crippen molar-refractivity contribution in [2.24, 2.45) is 5.84 Å². The van der Waals surface area contributed by atoms with Crippen LogP contribution in [0.15, 0.2) is 18.2 Å². The molecule has 0 saturated carbocycles. The van der Waals surface area contributed by atoms with E-state index in [1.54, 1.807) is 7.05 Å². The molecule has 0 atom stereocenters. The lowest BCUT2D eigenvalue weighted by Crippen LogP contribution is -2.26. The van der Waals surface area contributed by atoms with Crippen molar-refractivity contribution in [3.8, 4) is 0 Å². The van der Waals surface area contributed by atoms with Crippen LogP contribution >= 0.6 is 0 Å². The summed E-state index contributed by atoms with van der Waals surface area (Å²) in [6, 6.07) is 5.77. The highest BCUT2D eigenvalue weighted by molar-refractivity contribution is 5.54. The van der Waals surface area contributed by atoms with Gasteiger partial charge in [0.1, 0.15) is 0 Å². The standard InChI is InChI=1S/C9H14N2O/c1-7-4-3-5-9(11(2)10)8(7)6-12/h3-5,12H,6,10H2,1-2H3. The predicted molar refractivity (Wildman–Crippen MR) is 49.7 cm³/mol. The fourth-order valence-electron chi connectivity index (χ4n) is 1.22. The van der Waals surface area contributed by atoms with Crippen LogP contribution in [0.25, 0.3) is 0 Å². The van der Waals surface area contributed by atoms with Gasteiger partial charge in [-0.3, -0.25) is 0 Å². The summed E-state index contributed by atoms with van der Waals surface area (Å²) in [5, 5.41) is 10.6. The maximum absolute atomic E-state index is 9.07. The molecule has 0 aliphatic carbocycles. The van der Waals surface area contributed by atoms with Crippen molar-refractivity contribution in [2.75, 3.05) is 12.1 Å². The largest absolute Gasteiger partial charge is 0.392 e. The molecule has 0 aromatic heterocycles. The zero-order chi connectivity index (χ0) is 9.14. The van der Waals surface area contributed by atoms with Crippen LogP contribution in [0.1, 0.15) is 11.1 Å². The molecule has 0 unspecified atom stereocenters. The summed E-state index contributed by atoms with van der Waals surface area (Å²) >= 11 is 0. The smallest absolute Gasteiger partial charge is 0.0705 e. The minimum absolute atomic E-state index is 0.0313. The van der Waals surface area contributed by atoms with Crippen LogP contribution in [0.4, 0.5) is 5.69 Å². The number of nitrogens with zero attached hydrogens (tertiary/aromatic N) is 1. The van der Waals surface area contributed by atoms with Crippen LogP contribution in [0.3, 0.4) is 0 Å². The Morgan fingerprint density at radius 1 is 1.50 bits per heavy atom. The van der Waals surface area contributed by atoms with Crippen LogP contribution in [0.5, 0.6) is 0 Å². The normalized spacial score (nSPS) is 10.0. The lowest BCUT2D eigenvalue weighted by Gasteiger charge is -2.17. The number of nitrogens with two attached hydrogens (primary N) is 1. The van der Waals surface area contributed by atoms with Gasteiger partial charge in [-0.1, -0.05) is 12.1 Å². The molecule has 3 nitrogen and oxygen atoms in total. The van der Waals surface area contributed by atoms with E-state index >= 15 is 0 Å². The average molecular weight is 166 g/mol. The second-order valence-corrected chi connectivity index (χ2v) is 2.84. The quantitative estimate of drug-likeness (QED) is 0.504. The molecule has 12 heavy (non-hydrogen) atoms. The Bertz CT molecular complexity index is 271. The summed E-state index contributed by atoms with van der Waals surface area (Å²) < 4.78 is 0. The van der Waals surface area contributed by atoms with E-state index in [-0.39, 0.29) is 6.61 Å². The summed E-state index contributed by atoms with van der Waals surface area (Å²) in [6.45, 7) is 1.99. The summed E-state index contributed by atoms with van der Waals surface area (Å²) in [4.78, 5) is 0. The predicted octanol–water partition coefficient (Wildman–Crippen LogP) is 0.797. The first-order chi connectivity index (χ1) is 5.66. The lowest BCUT2D eigenvalue weighted by molar-refractivity contribution is 0.281. The molecule has 0 amide bonds. The van der Waals surface area contributed by atoms with E-state index < -0.39 is 0 Å². The van der Waals surface area contributed by atoms with Crippen LogP contribution < -0.4 is 10.9 Å². The highest BCUT2D eigenvalue weighted by Crippen LogP contribution is 2.20. The Labute approximate surface area is 72.4 Å². The van der Waals surface area contributed by atoms with Gasteiger partial charge < -0.3 is 10.1 Å². The minimum Gasteiger partial charge on any atom is -0.392 e. The number of hydrazine groups is 1. The van der Waals surface area contributed by atoms with Crippen molar-refractivity contribution in [2.45, 2.75) is 13.5 Å². The fourth-order valence-corrected chi connectivity index (χ4v) is 1.22. The fraction of sp³-hybridized carbons (Fsp3) is 0.333. The molecule has 0 bridgehead atoms. The van der Waals surface area contributed by atoms with Gasteiger partial charge in [0, 0.05) is 12.6 Å². The maximum atomic E-state index is 9.07. The van der Waals surface area contributed by atoms with Crippen molar-refractivity contribution in [1.82, 2.24) is 0 Å². The molecule has 0 spiro atoms. The third kappa shape index (κ3) is 1.57. The highest BCUT2D eigenvalue weighted by atomic mass is 16.3. The molecule has 3 heteroatoms. The zero-order valence-corrected chi connectivity index (χ0v) is 7.41. The number of hydrogen-bond acceptors (Lipinski definition) is 3. The second kappa shape index (κ2) is 3.56. The zero-order valence-electron chi connectivity index (χ0n) is 7.41. The number of aryl methyl sites for hydroxylation is 1. The third-order valence-electron chi connectivity index (χ3n) is 1.92. The topological polar surface area (TPSA) is 49.5 Å². The number of hydrogen-bond donors (Lipinski definition) is 2. The van der Waals surface area contributed by atoms with Gasteiger partial charge in [-0.05, 0) is 18.6 Å². The highest BCUT2D eigenvalue weighted by Gasteiger charge is 2.05. The van der Waals surface area contributed by atoms with E-state index in [2.05, 4.69) is 0 Å². The number of anilines is 1. The van der Waals surface area contributed by atoms with E-state index in [4.69, 9.17) is 10.9 Å².